The van der Waals surface area contributed by atoms with Crippen LogP contribution in [0.25, 0.3) is 0 Å². The molecule has 0 bridgehead atoms. The number of rotatable bonds is 5. The van der Waals surface area contributed by atoms with Crippen LogP contribution in [0.3, 0.4) is 0 Å². The lowest BCUT2D eigenvalue weighted by Crippen LogP contribution is -2.48. The fourth-order valence-electron chi connectivity index (χ4n) is 2.02. The number of amides is 1. The Bertz CT molecular complexity index is 236. The Morgan fingerprint density at radius 3 is 2.88 bits per heavy atom. The molecule has 100 valence electrons. The van der Waals surface area contributed by atoms with Crippen LogP contribution in [0.15, 0.2) is 0 Å². The topological polar surface area (TPSA) is 64.6 Å². The summed E-state index contributed by atoms with van der Waals surface area (Å²) in [4.78, 5) is 14.0. The van der Waals surface area contributed by atoms with E-state index in [1.54, 1.807) is 0 Å². The zero-order valence-corrected chi connectivity index (χ0v) is 11.0. The van der Waals surface area contributed by atoms with Gasteiger partial charge in [-0.3, -0.25) is 9.69 Å². The molecule has 0 radical (unpaired) electrons. The molecule has 0 atom stereocenters. The quantitative estimate of drug-likeness (QED) is 0.612. The third kappa shape index (κ3) is 6.00. The van der Waals surface area contributed by atoms with Gasteiger partial charge in [-0.05, 0) is 39.8 Å². The lowest BCUT2D eigenvalue weighted by Gasteiger charge is -2.27. The minimum Gasteiger partial charge on any atom is -0.396 e. The zero-order chi connectivity index (χ0) is 12.7. The minimum absolute atomic E-state index is 0.0466. The van der Waals surface area contributed by atoms with Crippen LogP contribution in [0.4, 0.5) is 0 Å². The Morgan fingerprint density at radius 1 is 1.41 bits per heavy atom. The van der Waals surface area contributed by atoms with Gasteiger partial charge in [-0.15, -0.1) is 0 Å². The molecule has 3 N–H and O–H groups in total. The van der Waals surface area contributed by atoms with Crippen LogP contribution in [0, 0.1) is 0 Å². The SMILES string of the molecule is CC(C)(CCO)NC(=O)CN1CCCNCC1. The van der Waals surface area contributed by atoms with Gasteiger partial charge in [0.05, 0.1) is 6.54 Å². The van der Waals surface area contributed by atoms with Crippen LogP contribution in [0.5, 0.6) is 0 Å². The van der Waals surface area contributed by atoms with Crippen molar-refractivity contribution in [2.45, 2.75) is 32.2 Å². The molecule has 5 nitrogen and oxygen atoms in total. The molecular formula is C12H25N3O2. The predicted octanol–water partition coefficient (Wildman–Crippen LogP) is -0.441. The molecule has 17 heavy (non-hydrogen) atoms. The van der Waals surface area contributed by atoms with Crippen molar-refractivity contribution in [3.05, 3.63) is 0 Å². The van der Waals surface area contributed by atoms with Gasteiger partial charge < -0.3 is 15.7 Å². The third-order valence-electron chi connectivity index (χ3n) is 3.01. The van der Waals surface area contributed by atoms with Gasteiger partial charge in [-0.2, -0.15) is 0 Å². The molecule has 1 amide bonds. The normalized spacial score (nSPS) is 18.8. The molecule has 1 saturated heterocycles. The van der Waals surface area contributed by atoms with Crippen molar-refractivity contribution in [1.82, 2.24) is 15.5 Å². The molecule has 1 rings (SSSR count). The first-order valence-electron chi connectivity index (χ1n) is 6.38. The van der Waals surface area contributed by atoms with E-state index in [0.29, 0.717) is 13.0 Å². The van der Waals surface area contributed by atoms with Gasteiger partial charge in [0.2, 0.25) is 5.91 Å². The standard InChI is InChI=1S/C12H25N3O2/c1-12(2,4-9-16)14-11(17)10-15-7-3-5-13-6-8-15/h13,16H,3-10H2,1-2H3,(H,14,17). The number of carbonyl (C=O) groups is 1. The molecule has 0 aromatic rings. The summed E-state index contributed by atoms with van der Waals surface area (Å²) in [6.45, 7) is 8.31. The van der Waals surface area contributed by atoms with Crippen LogP contribution >= 0.6 is 0 Å². The molecule has 0 aromatic heterocycles. The summed E-state index contributed by atoms with van der Waals surface area (Å²) in [5, 5.41) is 15.2. The molecular weight excluding hydrogens is 218 g/mol. The lowest BCUT2D eigenvalue weighted by atomic mass is 10.0. The first kappa shape index (κ1) is 14.4. The summed E-state index contributed by atoms with van der Waals surface area (Å²) >= 11 is 0. The Labute approximate surface area is 104 Å². The number of aliphatic hydroxyl groups is 1. The summed E-state index contributed by atoms with van der Waals surface area (Å²) in [5.41, 5.74) is -0.323. The highest BCUT2D eigenvalue weighted by Crippen LogP contribution is 2.07. The fourth-order valence-corrected chi connectivity index (χ4v) is 2.02. The van der Waals surface area contributed by atoms with Gasteiger partial charge in [0.25, 0.3) is 0 Å². The average molecular weight is 243 g/mol. The maximum atomic E-state index is 11.9. The van der Waals surface area contributed by atoms with E-state index in [1.807, 2.05) is 13.8 Å². The van der Waals surface area contributed by atoms with Crippen LogP contribution in [0.2, 0.25) is 0 Å². The van der Waals surface area contributed by atoms with Gasteiger partial charge >= 0.3 is 0 Å². The molecule has 5 heteroatoms. The number of carbonyl (C=O) groups excluding carboxylic acids is 1. The van der Waals surface area contributed by atoms with E-state index in [2.05, 4.69) is 15.5 Å². The maximum absolute atomic E-state index is 11.9. The minimum atomic E-state index is -0.323. The highest BCUT2D eigenvalue weighted by Gasteiger charge is 2.21. The Kier molecular flexibility index (Phi) is 5.88. The highest BCUT2D eigenvalue weighted by atomic mass is 16.3. The maximum Gasteiger partial charge on any atom is 0.234 e. The Balaban J connectivity index is 2.32. The van der Waals surface area contributed by atoms with Crippen molar-refractivity contribution in [2.24, 2.45) is 0 Å². The number of nitrogens with one attached hydrogen (secondary N) is 2. The lowest BCUT2D eigenvalue weighted by molar-refractivity contribution is -0.123. The summed E-state index contributed by atoms with van der Waals surface area (Å²) in [5.74, 6) is 0.0466. The van der Waals surface area contributed by atoms with E-state index in [4.69, 9.17) is 5.11 Å². The Morgan fingerprint density at radius 2 is 2.18 bits per heavy atom. The van der Waals surface area contributed by atoms with Crippen molar-refractivity contribution in [1.29, 1.82) is 0 Å². The fraction of sp³-hybridized carbons (Fsp3) is 0.917. The van der Waals surface area contributed by atoms with Gasteiger partial charge in [0.1, 0.15) is 0 Å². The average Bonchev–Trinajstić information content (AvgIpc) is 2.44. The molecule has 1 fully saturated rings. The largest absolute Gasteiger partial charge is 0.396 e. The van der Waals surface area contributed by atoms with Crippen LogP contribution in [-0.4, -0.2) is 60.8 Å². The van der Waals surface area contributed by atoms with E-state index in [-0.39, 0.29) is 18.1 Å². The molecule has 0 aromatic carbocycles. The first-order chi connectivity index (χ1) is 8.03. The zero-order valence-electron chi connectivity index (χ0n) is 11.0. The number of hydrogen-bond donors (Lipinski definition) is 3. The van der Waals surface area contributed by atoms with Crippen molar-refractivity contribution in [3.8, 4) is 0 Å². The van der Waals surface area contributed by atoms with Crippen LogP contribution < -0.4 is 10.6 Å². The molecule has 0 spiro atoms. The summed E-state index contributed by atoms with van der Waals surface area (Å²) in [6.07, 6.45) is 1.67. The van der Waals surface area contributed by atoms with E-state index in [9.17, 15) is 4.79 Å². The summed E-state index contributed by atoms with van der Waals surface area (Å²) in [6, 6.07) is 0. The summed E-state index contributed by atoms with van der Waals surface area (Å²) < 4.78 is 0. The predicted molar refractivity (Wildman–Crippen MR) is 67.9 cm³/mol. The smallest absolute Gasteiger partial charge is 0.234 e. The monoisotopic (exact) mass is 243 g/mol. The number of aliphatic hydroxyl groups excluding tert-OH is 1. The van der Waals surface area contributed by atoms with Crippen molar-refractivity contribution >= 4 is 5.91 Å². The van der Waals surface area contributed by atoms with E-state index in [0.717, 1.165) is 32.6 Å². The summed E-state index contributed by atoms with van der Waals surface area (Å²) in [7, 11) is 0. The highest BCUT2D eigenvalue weighted by molar-refractivity contribution is 5.78. The second kappa shape index (κ2) is 6.93. The molecule has 0 unspecified atom stereocenters. The number of hydrogen-bond acceptors (Lipinski definition) is 4. The molecule has 1 aliphatic rings. The van der Waals surface area contributed by atoms with E-state index in [1.165, 1.54) is 0 Å². The first-order valence-corrected chi connectivity index (χ1v) is 6.38. The van der Waals surface area contributed by atoms with Gasteiger partial charge in [-0.1, -0.05) is 0 Å². The Hall–Kier alpha value is -0.650. The molecule has 0 aliphatic carbocycles. The molecule has 1 aliphatic heterocycles. The van der Waals surface area contributed by atoms with Crippen LogP contribution in [0.1, 0.15) is 26.7 Å². The van der Waals surface area contributed by atoms with Crippen LogP contribution in [-0.2, 0) is 4.79 Å². The number of nitrogens with zero attached hydrogens (tertiary/aromatic N) is 1. The van der Waals surface area contributed by atoms with Gasteiger partial charge in [0.15, 0.2) is 0 Å². The molecule has 1 heterocycles. The van der Waals surface area contributed by atoms with Crippen molar-refractivity contribution in [2.75, 3.05) is 39.3 Å². The third-order valence-corrected chi connectivity index (χ3v) is 3.01. The second-order valence-corrected chi connectivity index (χ2v) is 5.29. The van der Waals surface area contributed by atoms with Crippen molar-refractivity contribution in [3.63, 3.8) is 0 Å². The van der Waals surface area contributed by atoms with E-state index >= 15 is 0 Å². The van der Waals surface area contributed by atoms with Crippen molar-refractivity contribution < 1.29 is 9.90 Å². The second-order valence-electron chi connectivity index (χ2n) is 5.29. The molecule has 0 saturated carbocycles. The van der Waals surface area contributed by atoms with Gasteiger partial charge in [0, 0.05) is 25.2 Å². The van der Waals surface area contributed by atoms with Gasteiger partial charge in [-0.25, -0.2) is 0 Å². The van der Waals surface area contributed by atoms with E-state index < -0.39 is 0 Å².